The molecule has 33 heavy (non-hydrogen) atoms. The Morgan fingerprint density at radius 1 is 0.879 bits per heavy atom. The summed E-state index contributed by atoms with van der Waals surface area (Å²) < 4.78 is 19.1. The average molecular weight is 458 g/mol. The summed E-state index contributed by atoms with van der Waals surface area (Å²) in [6, 6.07) is 21.3. The van der Waals surface area contributed by atoms with E-state index in [4.69, 9.17) is 4.42 Å². The lowest BCUT2D eigenvalue weighted by Crippen LogP contribution is -2.54. The number of carbonyl (C=O) groups is 3. The molecule has 0 unspecified atom stereocenters. The van der Waals surface area contributed by atoms with Crippen LogP contribution in [0.3, 0.4) is 0 Å². The second-order valence-corrected chi connectivity index (χ2v) is 8.22. The van der Waals surface area contributed by atoms with Gasteiger partial charge in [-0.25, -0.2) is 14.1 Å². The van der Waals surface area contributed by atoms with Gasteiger partial charge in [-0.3, -0.25) is 14.9 Å². The minimum Gasteiger partial charge on any atom is -0.450 e. The molecule has 1 aromatic heterocycles. The van der Waals surface area contributed by atoms with Gasteiger partial charge < -0.3 is 4.42 Å². The van der Waals surface area contributed by atoms with Crippen molar-refractivity contribution in [1.29, 1.82) is 0 Å². The van der Waals surface area contributed by atoms with Crippen LogP contribution in [0, 0.1) is 5.82 Å². The summed E-state index contributed by atoms with van der Waals surface area (Å²) in [7, 11) is 0. The summed E-state index contributed by atoms with van der Waals surface area (Å²) in [5.74, 6) is -1.88. The van der Waals surface area contributed by atoms with E-state index in [1.54, 1.807) is 12.1 Å². The first kappa shape index (κ1) is 20.7. The lowest BCUT2D eigenvalue weighted by molar-refractivity contribution is -0.122. The Labute approximate surface area is 191 Å². The molecule has 0 radical (unpaired) electrons. The van der Waals surface area contributed by atoms with Crippen LogP contribution in [-0.4, -0.2) is 17.8 Å². The molecule has 1 N–H and O–H groups in total. The van der Waals surface area contributed by atoms with Crippen LogP contribution >= 0.6 is 11.8 Å². The van der Waals surface area contributed by atoms with Gasteiger partial charge in [0, 0.05) is 4.90 Å². The van der Waals surface area contributed by atoms with Crippen molar-refractivity contribution in [3.63, 3.8) is 0 Å². The summed E-state index contributed by atoms with van der Waals surface area (Å²) in [6.45, 7) is 0. The first-order valence-electron chi connectivity index (χ1n) is 9.92. The van der Waals surface area contributed by atoms with E-state index in [1.807, 2.05) is 42.5 Å². The maximum Gasteiger partial charge on any atom is 0.335 e. The fourth-order valence-corrected chi connectivity index (χ4v) is 4.42. The molecule has 162 valence electrons. The van der Waals surface area contributed by atoms with Crippen molar-refractivity contribution in [3.05, 3.63) is 96.0 Å². The van der Waals surface area contributed by atoms with Gasteiger partial charge in [-0.1, -0.05) is 48.2 Å². The van der Waals surface area contributed by atoms with Crippen molar-refractivity contribution in [2.75, 3.05) is 4.90 Å². The highest BCUT2D eigenvalue weighted by Gasteiger charge is 2.37. The summed E-state index contributed by atoms with van der Waals surface area (Å²) in [5, 5.41) is 4.89. The van der Waals surface area contributed by atoms with Crippen molar-refractivity contribution < 1.29 is 23.2 Å². The number of imide groups is 2. The molecule has 1 fully saturated rings. The van der Waals surface area contributed by atoms with E-state index in [-0.39, 0.29) is 17.0 Å². The van der Waals surface area contributed by atoms with Gasteiger partial charge in [-0.05, 0) is 59.3 Å². The minimum absolute atomic E-state index is 0.143. The number of furan rings is 1. The van der Waals surface area contributed by atoms with Gasteiger partial charge in [-0.15, -0.1) is 0 Å². The van der Waals surface area contributed by atoms with Crippen molar-refractivity contribution in [1.82, 2.24) is 5.32 Å². The number of rotatable bonds is 4. The highest BCUT2D eigenvalue weighted by atomic mass is 32.2. The maximum absolute atomic E-state index is 13.2. The third-order valence-electron chi connectivity index (χ3n) is 5.04. The number of hydrogen-bond acceptors (Lipinski definition) is 5. The quantitative estimate of drug-likeness (QED) is 0.328. The third kappa shape index (κ3) is 4.04. The average Bonchev–Trinajstić information content (AvgIpc) is 3.25. The highest BCUT2D eigenvalue weighted by Crippen LogP contribution is 2.35. The van der Waals surface area contributed by atoms with Crippen LogP contribution < -0.4 is 10.2 Å². The van der Waals surface area contributed by atoms with Gasteiger partial charge in [-0.2, -0.15) is 0 Å². The normalized spacial score (nSPS) is 15.4. The van der Waals surface area contributed by atoms with E-state index >= 15 is 0 Å². The summed E-state index contributed by atoms with van der Waals surface area (Å²) in [5.41, 5.74) is -0.126. The second kappa shape index (κ2) is 8.40. The Morgan fingerprint density at radius 3 is 2.45 bits per heavy atom. The van der Waals surface area contributed by atoms with Gasteiger partial charge in [0.05, 0.1) is 5.69 Å². The maximum atomic E-state index is 13.2. The predicted octanol–water partition coefficient (Wildman–Crippen LogP) is 5.39. The number of anilines is 1. The van der Waals surface area contributed by atoms with E-state index < -0.39 is 23.7 Å². The van der Waals surface area contributed by atoms with E-state index in [0.29, 0.717) is 5.09 Å². The smallest absolute Gasteiger partial charge is 0.335 e. The van der Waals surface area contributed by atoms with E-state index in [1.165, 1.54) is 30.0 Å². The van der Waals surface area contributed by atoms with Crippen LogP contribution in [0.1, 0.15) is 5.76 Å². The van der Waals surface area contributed by atoms with E-state index in [9.17, 15) is 18.8 Å². The number of barbiturate groups is 1. The topological polar surface area (TPSA) is 79.6 Å². The molecule has 0 aliphatic carbocycles. The number of nitrogens with zero attached hydrogens (tertiary/aromatic N) is 1. The molecule has 8 heteroatoms. The van der Waals surface area contributed by atoms with Crippen molar-refractivity contribution in [2.45, 2.75) is 9.99 Å². The molecule has 1 aliphatic heterocycles. The van der Waals surface area contributed by atoms with Crippen molar-refractivity contribution >= 4 is 52.1 Å². The SMILES string of the molecule is O=C1NC(=O)N(c2ccc(F)cc2)C(=O)/C1=C\c1ccc(Sc2cccc3ccccc23)o1. The first-order valence-corrected chi connectivity index (χ1v) is 10.7. The molecular weight excluding hydrogens is 443 g/mol. The van der Waals surface area contributed by atoms with E-state index in [0.717, 1.165) is 32.7 Å². The van der Waals surface area contributed by atoms with Gasteiger partial charge in [0.1, 0.15) is 17.2 Å². The Kier molecular flexibility index (Phi) is 5.27. The van der Waals surface area contributed by atoms with Crippen molar-refractivity contribution in [2.24, 2.45) is 0 Å². The van der Waals surface area contributed by atoms with Gasteiger partial charge in [0.25, 0.3) is 11.8 Å². The van der Waals surface area contributed by atoms with Crippen LogP contribution in [-0.2, 0) is 9.59 Å². The molecule has 4 amide bonds. The fraction of sp³-hybridized carbons (Fsp3) is 0. The summed E-state index contributed by atoms with van der Waals surface area (Å²) in [4.78, 5) is 39.3. The van der Waals surface area contributed by atoms with Crippen LogP contribution in [0.15, 0.2) is 98.8 Å². The Balaban J connectivity index is 1.43. The monoisotopic (exact) mass is 458 g/mol. The van der Waals surface area contributed by atoms with Crippen LogP contribution in [0.2, 0.25) is 0 Å². The number of fused-ring (bicyclic) bond motifs is 1. The highest BCUT2D eigenvalue weighted by molar-refractivity contribution is 7.99. The number of amides is 4. The first-order chi connectivity index (χ1) is 16.0. The molecular formula is C25H15FN2O4S. The molecule has 3 aromatic carbocycles. The van der Waals surface area contributed by atoms with Crippen LogP contribution in [0.4, 0.5) is 14.9 Å². The second-order valence-electron chi connectivity index (χ2n) is 7.17. The molecule has 5 rings (SSSR count). The minimum atomic E-state index is -0.902. The van der Waals surface area contributed by atoms with Crippen LogP contribution in [0.25, 0.3) is 16.8 Å². The van der Waals surface area contributed by atoms with Gasteiger partial charge in [0.15, 0.2) is 5.09 Å². The molecule has 1 aliphatic rings. The molecule has 4 aromatic rings. The molecule has 0 bridgehead atoms. The Hall–Kier alpha value is -4.17. The lowest BCUT2D eigenvalue weighted by Gasteiger charge is -2.26. The summed E-state index contributed by atoms with van der Waals surface area (Å²) >= 11 is 1.42. The van der Waals surface area contributed by atoms with E-state index in [2.05, 4.69) is 5.32 Å². The molecule has 0 spiro atoms. The largest absolute Gasteiger partial charge is 0.450 e. The molecule has 1 saturated heterocycles. The fourth-order valence-electron chi connectivity index (χ4n) is 3.48. The number of carbonyl (C=O) groups excluding carboxylic acids is 3. The number of hydrogen-bond donors (Lipinski definition) is 1. The standard InChI is InChI=1S/C25H15FN2O4S/c26-16-8-10-17(11-9-16)28-24(30)20(23(29)27-25(28)31)14-18-12-13-22(32-18)33-21-7-3-5-15-4-1-2-6-19(15)21/h1-14H,(H,27,29,31)/b20-14-. The Bertz CT molecular complexity index is 1440. The van der Waals surface area contributed by atoms with Gasteiger partial charge in [0.2, 0.25) is 0 Å². The predicted molar refractivity (Wildman–Crippen MR) is 122 cm³/mol. The van der Waals surface area contributed by atoms with Crippen molar-refractivity contribution in [3.8, 4) is 0 Å². The number of urea groups is 1. The number of nitrogens with one attached hydrogen (secondary N) is 1. The zero-order valence-corrected chi connectivity index (χ0v) is 17.8. The zero-order chi connectivity index (χ0) is 22.9. The van der Waals surface area contributed by atoms with Gasteiger partial charge >= 0.3 is 6.03 Å². The molecule has 6 nitrogen and oxygen atoms in total. The molecule has 2 heterocycles. The lowest BCUT2D eigenvalue weighted by atomic mass is 10.1. The summed E-state index contributed by atoms with van der Waals surface area (Å²) in [6.07, 6.45) is 1.29. The zero-order valence-electron chi connectivity index (χ0n) is 16.9. The third-order valence-corrected chi connectivity index (χ3v) is 6.03. The molecule has 0 saturated carbocycles. The number of benzene rings is 3. The molecule has 0 atom stereocenters. The Morgan fingerprint density at radius 2 is 1.64 bits per heavy atom. The van der Waals surface area contributed by atoms with Crippen LogP contribution in [0.5, 0.6) is 0 Å². The number of halogens is 1.